The van der Waals surface area contributed by atoms with Crippen molar-refractivity contribution in [3.8, 4) is 11.5 Å². The third-order valence-electron chi connectivity index (χ3n) is 4.83. The topological polar surface area (TPSA) is 82.1 Å². The van der Waals surface area contributed by atoms with E-state index in [0.717, 1.165) is 12.8 Å². The normalized spacial score (nSPS) is 13.2. The molecule has 7 heteroatoms. The molecular weight excluding hydrogens is 398 g/mol. The van der Waals surface area contributed by atoms with E-state index in [2.05, 4.69) is 0 Å². The molecule has 1 aliphatic heterocycles. The number of amides is 1. The first-order valence-corrected chi connectivity index (χ1v) is 10.5. The van der Waals surface area contributed by atoms with Gasteiger partial charge in [-0.15, -0.1) is 0 Å². The van der Waals surface area contributed by atoms with E-state index in [9.17, 15) is 14.4 Å². The van der Waals surface area contributed by atoms with Gasteiger partial charge in [0.25, 0.3) is 0 Å². The molecule has 0 spiro atoms. The summed E-state index contributed by atoms with van der Waals surface area (Å²) in [6, 6.07) is 11.6. The largest absolute Gasteiger partial charge is 0.490 e. The number of hydrogen-bond acceptors (Lipinski definition) is 6. The number of carbonyl (C=O) groups is 3. The summed E-state index contributed by atoms with van der Waals surface area (Å²) >= 11 is 0. The summed E-state index contributed by atoms with van der Waals surface area (Å²) in [7, 11) is 0. The van der Waals surface area contributed by atoms with E-state index in [-0.39, 0.29) is 17.3 Å². The maximum Gasteiger partial charge on any atom is 0.338 e. The SMILES string of the molecule is CCCOc1ccc(C(=O)OCC(=O)c2cccc(N3CCCC3=O)c2)cc1OCC. The zero-order valence-electron chi connectivity index (χ0n) is 17.9. The molecule has 3 rings (SSSR count). The molecule has 1 saturated heterocycles. The fourth-order valence-electron chi connectivity index (χ4n) is 3.30. The molecule has 0 unspecified atom stereocenters. The van der Waals surface area contributed by atoms with Crippen molar-refractivity contribution in [2.24, 2.45) is 0 Å². The van der Waals surface area contributed by atoms with Crippen LogP contribution in [0.5, 0.6) is 11.5 Å². The van der Waals surface area contributed by atoms with Gasteiger partial charge in [0.1, 0.15) is 0 Å². The van der Waals surface area contributed by atoms with Crippen LogP contribution in [0, 0.1) is 0 Å². The predicted octanol–water partition coefficient (Wildman–Crippen LogP) is 4.04. The summed E-state index contributed by atoms with van der Waals surface area (Å²) < 4.78 is 16.4. The first-order chi connectivity index (χ1) is 15.0. The summed E-state index contributed by atoms with van der Waals surface area (Å²) in [5.41, 5.74) is 1.35. The van der Waals surface area contributed by atoms with E-state index in [1.54, 1.807) is 47.4 Å². The Balaban J connectivity index is 1.64. The van der Waals surface area contributed by atoms with Crippen molar-refractivity contribution in [1.29, 1.82) is 0 Å². The summed E-state index contributed by atoms with van der Waals surface area (Å²) in [5, 5.41) is 0. The Morgan fingerprint density at radius 3 is 2.55 bits per heavy atom. The minimum atomic E-state index is -0.623. The van der Waals surface area contributed by atoms with E-state index in [1.165, 1.54) is 0 Å². The average molecular weight is 425 g/mol. The Hall–Kier alpha value is -3.35. The van der Waals surface area contributed by atoms with Crippen molar-refractivity contribution in [1.82, 2.24) is 0 Å². The van der Waals surface area contributed by atoms with Gasteiger partial charge in [0.15, 0.2) is 23.9 Å². The van der Waals surface area contributed by atoms with E-state index >= 15 is 0 Å². The van der Waals surface area contributed by atoms with Crippen molar-refractivity contribution in [3.05, 3.63) is 53.6 Å². The molecule has 1 fully saturated rings. The van der Waals surface area contributed by atoms with Crippen molar-refractivity contribution in [2.75, 3.05) is 31.3 Å². The van der Waals surface area contributed by atoms with Crippen LogP contribution in [0.1, 0.15) is 53.8 Å². The van der Waals surface area contributed by atoms with Crippen LogP contribution in [0.2, 0.25) is 0 Å². The zero-order valence-corrected chi connectivity index (χ0v) is 17.9. The van der Waals surface area contributed by atoms with Gasteiger partial charge in [0.05, 0.1) is 18.8 Å². The van der Waals surface area contributed by atoms with Gasteiger partial charge in [0.2, 0.25) is 5.91 Å². The molecule has 1 heterocycles. The number of anilines is 1. The Morgan fingerprint density at radius 2 is 1.84 bits per heavy atom. The second-order valence-corrected chi connectivity index (χ2v) is 7.14. The molecule has 7 nitrogen and oxygen atoms in total. The quantitative estimate of drug-likeness (QED) is 0.422. The molecule has 1 aliphatic rings. The molecule has 0 radical (unpaired) electrons. The second-order valence-electron chi connectivity index (χ2n) is 7.14. The highest BCUT2D eigenvalue weighted by Crippen LogP contribution is 2.29. The van der Waals surface area contributed by atoms with Crippen LogP contribution in [-0.2, 0) is 9.53 Å². The maximum atomic E-state index is 12.5. The van der Waals surface area contributed by atoms with Gasteiger partial charge in [-0.1, -0.05) is 19.1 Å². The van der Waals surface area contributed by atoms with Crippen LogP contribution in [0.4, 0.5) is 5.69 Å². The molecular formula is C24H27NO6. The first-order valence-electron chi connectivity index (χ1n) is 10.5. The van der Waals surface area contributed by atoms with Gasteiger partial charge in [-0.3, -0.25) is 9.59 Å². The van der Waals surface area contributed by atoms with Crippen molar-refractivity contribution in [2.45, 2.75) is 33.1 Å². The summed E-state index contributed by atoms with van der Waals surface area (Å²) in [6.07, 6.45) is 2.17. The standard InChI is InChI=1S/C24H27NO6/c1-3-13-30-21-11-10-18(15-22(21)29-4-2)24(28)31-16-20(26)17-7-5-8-19(14-17)25-12-6-9-23(25)27/h5,7-8,10-11,14-15H,3-4,6,9,12-13,16H2,1-2H3. The Labute approximate surface area is 181 Å². The average Bonchev–Trinajstić information content (AvgIpc) is 3.22. The molecule has 0 aromatic heterocycles. The molecule has 0 atom stereocenters. The Morgan fingerprint density at radius 1 is 1.00 bits per heavy atom. The number of ketones is 1. The van der Waals surface area contributed by atoms with Crippen LogP contribution in [0.25, 0.3) is 0 Å². The molecule has 164 valence electrons. The zero-order chi connectivity index (χ0) is 22.2. The second kappa shape index (κ2) is 10.6. The number of benzene rings is 2. The van der Waals surface area contributed by atoms with E-state index in [0.29, 0.717) is 48.9 Å². The predicted molar refractivity (Wildman–Crippen MR) is 116 cm³/mol. The number of rotatable bonds is 10. The van der Waals surface area contributed by atoms with Crippen molar-refractivity contribution < 1.29 is 28.6 Å². The van der Waals surface area contributed by atoms with Gasteiger partial charge in [-0.2, -0.15) is 0 Å². The fraction of sp³-hybridized carbons (Fsp3) is 0.375. The lowest BCUT2D eigenvalue weighted by Gasteiger charge is -2.16. The monoisotopic (exact) mass is 425 g/mol. The summed E-state index contributed by atoms with van der Waals surface area (Å²) in [4.78, 5) is 38.6. The summed E-state index contributed by atoms with van der Waals surface area (Å²) in [6.45, 7) is 5.06. The number of hydrogen-bond donors (Lipinski definition) is 0. The minimum absolute atomic E-state index is 0.0486. The van der Waals surface area contributed by atoms with Crippen LogP contribution >= 0.6 is 0 Å². The van der Waals surface area contributed by atoms with Gasteiger partial charge in [-0.25, -0.2) is 4.79 Å². The third-order valence-corrected chi connectivity index (χ3v) is 4.83. The number of ether oxygens (including phenoxy) is 3. The molecule has 2 aromatic rings. The highest BCUT2D eigenvalue weighted by molar-refractivity contribution is 6.01. The Kier molecular flexibility index (Phi) is 7.65. The Bertz CT molecular complexity index is 955. The lowest BCUT2D eigenvalue weighted by Crippen LogP contribution is -2.24. The third kappa shape index (κ3) is 5.63. The molecule has 0 bridgehead atoms. The van der Waals surface area contributed by atoms with Crippen molar-refractivity contribution in [3.63, 3.8) is 0 Å². The van der Waals surface area contributed by atoms with Crippen molar-refractivity contribution >= 4 is 23.3 Å². The lowest BCUT2D eigenvalue weighted by atomic mass is 10.1. The van der Waals surface area contributed by atoms with Gasteiger partial charge in [-0.05, 0) is 50.1 Å². The lowest BCUT2D eigenvalue weighted by molar-refractivity contribution is -0.117. The maximum absolute atomic E-state index is 12.5. The number of Topliss-reactive ketones (excluding diaryl/α,β-unsaturated/α-hetero) is 1. The van der Waals surface area contributed by atoms with Gasteiger partial charge in [0, 0.05) is 24.2 Å². The molecule has 0 N–H and O–H groups in total. The summed E-state index contributed by atoms with van der Waals surface area (Å²) in [5.74, 6) is 0.105. The van der Waals surface area contributed by atoms with Crippen LogP contribution < -0.4 is 14.4 Å². The van der Waals surface area contributed by atoms with Crippen LogP contribution in [0.15, 0.2) is 42.5 Å². The fourth-order valence-corrected chi connectivity index (χ4v) is 3.30. The molecule has 0 saturated carbocycles. The highest BCUT2D eigenvalue weighted by atomic mass is 16.5. The highest BCUT2D eigenvalue weighted by Gasteiger charge is 2.22. The van der Waals surface area contributed by atoms with Crippen LogP contribution in [0.3, 0.4) is 0 Å². The molecule has 31 heavy (non-hydrogen) atoms. The van der Waals surface area contributed by atoms with Gasteiger partial charge < -0.3 is 19.1 Å². The molecule has 2 aromatic carbocycles. The van der Waals surface area contributed by atoms with Crippen LogP contribution in [-0.4, -0.2) is 44.0 Å². The van der Waals surface area contributed by atoms with E-state index in [4.69, 9.17) is 14.2 Å². The smallest absolute Gasteiger partial charge is 0.338 e. The van der Waals surface area contributed by atoms with E-state index in [1.807, 2.05) is 13.8 Å². The van der Waals surface area contributed by atoms with Gasteiger partial charge >= 0.3 is 5.97 Å². The van der Waals surface area contributed by atoms with E-state index < -0.39 is 12.6 Å². The number of esters is 1. The molecule has 1 amide bonds. The molecule has 0 aliphatic carbocycles. The minimum Gasteiger partial charge on any atom is -0.490 e. The number of nitrogens with zero attached hydrogens (tertiary/aromatic N) is 1. The number of carbonyl (C=O) groups excluding carboxylic acids is 3. The first kappa shape index (κ1) is 22.3.